The zero-order chi connectivity index (χ0) is 10.7. The van der Waals surface area contributed by atoms with Gasteiger partial charge in [0.2, 0.25) is 0 Å². The van der Waals surface area contributed by atoms with Crippen molar-refractivity contribution in [3.8, 4) is 0 Å². The minimum absolute atomic E-state index is 0.556. The van der Waals surface area contributed by atoms with Crippen molar-refractivity contribution in [2.75, 3.05) is 26.8 Å². The monoisotopic (exact) mass is 212 g/mol. The van der Waals surface area contributed by atoms with Crippen molar-refractivity contribution >= 4 is 0 Å². The van der Waals surface area contributed by atoms with E-state index in [0.29, 0.717) is 12.0 Å². The highest BCUT2D eigenvalue weighted by atomic mass is 16.5. The van der Waals surface area contributed by atoms with Crippen LogP contribution in [0.3, 0.4) is 0 Å². The smallest absolute Gasteiger partial charge is 0.0623 e. The van der Waals surface area contributed by atoms with E-state index in [4.69, 9.17) is 4.74 Å². The van der Waals surface area contributed by atoms with Crippen LogP contribution in [-0.4, -0.2) is 38.9 Å². The van der Waals surface area contributed by atoms with E-state index in [2.05, 4.69) is 17.6 Å². The van der Waals surface area contributed by atoms with Crippen molar-refractivity contribution in [3.63, 3.8) is 0 Å². The van der Waals surface area contributed by atoms with Gasteiger partial charge in [0.05, 0.1) is 13.2 Å². The van der Waals surface area contributed by atoms with Gasteiger partial charge >= 0.3 is 0 Å². The molecule has 0 amide bonds. The normalized spacial score (nSPS) is 39.6. The fraction of sp³-hybridized carbons (Fsp3) is 1.00. The minimum Gasteiger partial charge on any atom is -0.379 e. The Balaban J connectivity index is 1.62. The second kappa shape index (κ2) is 5.28. The summed E-state index contributed by atoms with van der Waals surface area (Å²) in [5.74, 6) is 1.63. The molecule has 0 aromatic rings. The van der Waals surface area contributed by atoms with Gasteiger partial charge in [-0.25, -0.2) is 0 Å². The molecule has 2 N–H and O–H groups in total. The first kappa shape index (κ1) is 11.4. The van der Waals surface area contributed by atoms with E-state index in [9.17, 15) is 0 Å². The molecule has 0 aromatic heterocycles. The first-order valence-corrected chi connectivity index (χ1v) is 6.33. The summed E-state index contributed by atoms with van der Waals surface area (Å²) in [7, 11) is 2.03. The predicted octanol–water partition coefficient (Wildman–Crippen LogP) is 0.999. The van der Waals surface area contributed by atoms with Gasteiger partial charge in [-0.15, -0.1) is 0 Å². The molecule has 1 aliphatic heterocycles. The molecule has 1 saturated carbocycles. The molecule has 15 heavy (non-hydrogen) atoms. The molecule has 88 valence electrons. The van der Waals surface area contributed by atoms with E-state index in [-0.39, 0.29) is 0 Å². The number of likely N-dealkylation sites (N-methyl/N-ethyl adjacent to an activating group) is 1. The molecule has 2 fully saturated rings. The van der Waals surface area contributed by atoms with Gasteiger partial charge < -0.3 is 15.4 Å². The zero-order valence-corrected chi connectivity index (χ0v) is 9.96. The molecule has 2 aliphatic rings. The number of nitrogens with one attached hydrogen (secondary N) is 2. The molecule has 4 atom stereocenters. The SMILES string of the molecule is CCCC1CC1NCC1COCC1NC. The van der Waals surface area contributed by atoms with Crippen molar-refractivity contribution in [1.29, 1.82) is 0 Å². The molecule has 1 heterocycles. The Bertz CT molecular complexity index is 198. The van der Waals surface area contributed by atoms with Crippen LogP contribution >= 0.6 is 0 Å². The first-order valence-electron chi connectivity index (χ1n) is 6.33. The second-order valence-corrected chi connectivity index (χ2v) is 4.99. The summed E-state index contributed by atoms with van der Waals surface area (Å²) in [6, 6.07) is 1.36. The van der Waals surface area contributed by atoms with E-state index in [1.165, 1.54) is 19.3 Å². The van der Waals surface area contributed by atoms with Crippen molar-refractivity contribution in [2.24, 2.45) is 11.8 Å². The predicted molar refractivity (Wildman–Crippen MR) is 62.0 cm³/mol. The van der Waals surface area contributed by atoms with Crippen LogP contribution in [0.4, 0.5) is 0 Å². The quantitative estimate of drug-likeness (QED) is 0.689. The Morgan fingerprint density at radius 2 is 2.07 bits per heavy atom. The number of hydrogen-bond acceptors (Lipinski definition) is 3. The highest BCUT2D eigenvalue weighted by molar-refractivity contribution is 4.94. The average Bonchev–Trinajstić information content (AvgIpc) is 2.82. The minimum atomic E-state index is 0.556. The zero-order valence-electron chi connectivity index (χ0n) is 9.96. The fourth-order valence-electron chi connectivity index (χ4n) is 2.61. The van der Waals surface area contributed by atoms with Crippen LogP contribution in [0.2, 0.25) is 0 Å². The topological polar surface area (TPSA) is 33.3 Å². The van der Waals surface area contributed by atoms with Gasteiger partial charge in [-0.1, -0.05) is 13.3 Å². The van der Waals surface area contributed by atoms with Crippen molar-refractivity contribution < 1.29 is 4.74 Å². The van der Waals surface area contributed by atoms with Crippen LogP contribution in [0.15, 0.2) is 0 Å². The van der Waals surface area contributed by atoms with Crippen LogP contribution in [0.1, 0.15) is 26.2 Å². The lowest BCUT2D eigenvalue weighted by atomic mass is 10.0. The Morgan fingerprint density at radius 1 is 1.20 bits per heavy atom. The van der Waals surface area contributed by atoms with Gasteiger partial charge in [0.1, 0.15) is 0 Å². The molecule has 4 unspecified atom stereocenters. The Kier molecular flexibility index (Phi) is 4.00. The first-order chi connectivity index (χ1) is 7.35. The van der Waals surface area contributed by atoms with Crippen LogP contribution in [0, 0.1) is 11.8 Å². The molecule has 0 aromatic carbocycles. The highest BCUT2D eigenvalue weighted by Gasteiger charge is 2.37. The van der Waals surface area contributed by atoms with E-state index in [1.54, 1.807) is 0 Å². The maximum absolute atomic E-state index is 5.49. The molecule has 3 heteroatoms. The summed E-state index contributed by atoms with van der Waals surface area (Å²) < 4.78 is 5.49. The van der Waals surface area contributed by atoms with Gasteiger partial charge in [-0.2, -0.15) is 0 Å². The summed E-state index contributed by atoms with van der Waals surface area (Å²) in [5, 5.41) is 7.01. The molecule has 3 nitrogen and oxygen atoms in total. The lowest BCUT2D eigenvalue weighted by Gasteiger charge is -2.17. The van der Waals surface area contributed by atoms with Crippen LogP contribution in [-0.2, 0) is 4.74 Å². The van der Waals surface area contributed by atoms with Crippen molar-refractivity contribution in [3.05, 3.63) is 0 Å². The maximum atomic E-state index is 5.49. The third kappa shape index (κ3) is 2.92. The van der Waals surface area contributed by atoms with Crippen LogP contribution in [0.25, 0.3) is 0 Å². The fourth-order valence-corrected chi connectivity index (χ4v) is 2.61. The number of ether oxygens (including phenoxy) is 1. The molecule has 1 aliphatic carbocycles. The molecule has 0 spiro atoms. The molecule has 0 bridgehead atoms. The third-order valence-corrected chi connectivity index (χ3v) is 3.79. The van der Waals surface area contributed by atoms with E-state index in [1.807, 2.05) is 7.05 Å². The van der Waals surface area contributed by atoms with Gasteiger partial charge in [-0.05, 0) is 25.8 Å². The van der Waals surface area contributed by atoms with Crippen molar-refractivity contribution in [2.45, 2.75) is 38.3 Å². The molecular weight excluding hydrogens is 188 g/mol. The highest BCUT2D eigenvalue weighted by Crippen LogP contribution is 2.34. The Hall–Kier alpha value is -0.120. The summed E-state index contributed by atoms with van der Waals surface area (Å²) in [5.41, 5.74) is 0. The molecule has 0 radical (unpaired) electrons. The number of rotatable bonds is 6. The van der Waals surface area contributed by atoms with Crippen LogP contribution < -0.4 is 10.6 Å². The van der Waals surface area contributed by atoms with Gasteiger partial charge in [-0.3, -0.25) is 0 Å². The molecule has 2 rings (SSSR count). The number of hydrogen-bond donors (Lipinski definition) is 2. The van der Waals surface area contributed by atoms with Crippen LogP contribution in [0.5, 0.6) is 0 Å². The molecule has 1 saturated heterocycles. The lowest BCUT2D eigenvalue weighted by Crippen LogP contribution is -2.39. The largest absolute Gasteiger partial charge is 0.379 e. The van der Waals surface area contributed by atoms with E-state index in [0.717, 1.165) is 31.7 Å². The van der Waals surface area contributed by atoms with Gasteiger partial charge in [0, 0.05) is 24.5 Å². The lowest BCUT2D eigenvalue weighted by molar-refractivity contribution is 0.182. The summed E-state index contributed by atoms with van der Waals surface area (Å²) in [4.78, 5) is 0. The third-order valence-electron chi connectivity index (χ3n) is 3.79. The summed E-state index contributed by atoms with van der Waals surface area (Å²) in [6.07, 6.45) is 4.12. The summed E-state index contributed by atoms with van der Waals surface area (Å²) >= 11 is 0. The average molecular weight is 212 g/mol. The van der Waals surface area contributed by atoms with Crippen molar-refractivity contribution in [1.82, 2.24) is 10.6 Å². The summed E-state index contributed by atoms with van der Waals surface area (Å²) in [6.45, 7) is 5.20. The van der Waals surface area contributed by atoms with E-state index < -0.39 is 0 Å². The van der Waals surface area contributed by atoms with Gasteiger partial charge in [0.25, 0.3) is 0 Å². The molecular formula is C12H24N2O. The van der Waals surface area contributed by atoms with E-state index >= 15 is 0 Å². The van der Waals surface area contributed by atoms with Gasteiger partial charge in [0.15, 0.2) is 0 Å². The Labute approximate surface area is 93.0 Å². The Morgan fingerprint density at radius 3 is 2.80 bits per heavy atom. The second-order valence-electron chi connectivity index (χ2n) is 4.99. The standard InChI is InChI=1S/C12H24N2O/c1-3-4-9-5-11(9)14-6-10-7-15-8-12(10)13-2/h9-14H,3-8H2,1-2H3. The maximum Gasteiger partial charge on any atom is 0.0623 e.